The summed E-state index contributed by atoms with van der Waals surface area (Å²) >= 11 is 5.86. The Morgan fingerprint density at radius 3 is 2.82 bits per heavy atom. The van der Waals surface area contributed by atoms with E-state index in [1.165, 1.54) is 18.9 Å². The first-order valence-electron chi connectivity index (χ1n) is 5.76. The Labute approximate surface area is 105 Å². The highest BCUT2D eigenvalue weighted by atomic mass is 35.5. The van der Waals surface area contributed by atoms with Crippen LogP contribution in [0.25, 0.3) is 0 Å². The van der Waals surface area contributed by atoms with Gasteiger partial charge in [-0.1, -0.05) is 11.6 Å². The fourth-order valence-electron chi connectivity index (χ4n) is 2.01. The summed E-state index contributed by atoms with van der Waals surface area (Å²) in [6.07, 6.45) is 3.79. The molecule has 1 aromatic carbocycles. The van der Waals surface area contributed by atoms with E-state index in [1.807, 2.05) is 0 Å². The first-order valence-corrected chi connectivity index (χ1v) is 6.14. The molecule has 1 saturated carbocycles. The van der Waals surface area contributed by atoms with Crippen molar-refractivity contribution in [3.8, 4) is 0 Å². The molecule has 0 spiro atoms. The Morgan fingerprint density at radius 1 is 1.53 bits per heavy atom. The Balaban J connectivity index is 2.07. The van der Waals surface area contributed by atoms with Crippen molar-refractivity contribution in [1.29, 1.82) is 0 Å². The van der Waals surface area contributed by atoms with Gasteiger partial charge in [0.2, 0.25) is 0 Å². The van der Waals surface area contributed by atoms with Crippen molar-refractivity contribution >= 4 is 17.3 Å². The molecule has 0 aliphatic heterocycles. The molecule has 1 aliphatic carbocycles. The van der Waals surface area contributed by atoms with E-state index in [9.17, 15) is 10.1 Å². The topological polar surface area (TPSA) is 69.2 Å². The second-order valence-corrected chi connectivity index (χ2v) is 5.01. The molecule has 92 valence electrons. The molecule has 0 bridgehead atoms. The first-order chi connectivity index (χ1) is 8.08. The Bertz CT molecular complexity index is 433. The van der Waals surface area contributed by atoms with Crippen molar-refractivity contribution in [3.63, 3.8) is 0 Å². The van der Waals surface area contributed by atoms with Crippen molar-refractivity contribution < 1.29 is 4.92 Å². The number of benzene rings is 1. The second-order valence-electron chi connectivity index (χ2n) is 4.57. The minimum Gasteiger partial charge on any atom is -0.327 e. The van der Waals surface area contributed by atoms with Gasteiger partial charge in [-0.05, 0) is 43.7 Å². The van der Waals surface area contributed by atoms with Crippen LogP contribution in [0.1, 0.15) is 24.8 Å². The van der Waals surface area contributed by atoms with Crippen LogP contribution in [0.15, 0.2) is 18.2 Å². The number of halogens is 1. The van der Waals surface area contributed by atoms with Gasteiger partial charge >= 0.3 is 0 Å². The highest BCUT2D eigenvalue weighted by Gasteiger charge is 2.28. The van der Waals surface area contributed by atoms with E-state index in [2.05, 4.69) is 0 Å². The number of hydrogen-bond acceptors (Lipinski definition) is 3. The van der Waals surface area contributed by atoms with Gasteiger partial charge in [-0.15, -0.1) is 0 Å². The highest BCUT2D eigenvalue weighted by Crippen LogP contribution is 2.34. The summed E-state index contributed by atoms with van der Waals surface area (Å²) in [7, 11) is 0. The molecule has 2 N–H and O–H groups in total. The zero-order chi connectivity index (χ0) is 12.4. The maximum atomic E-state index is 10.9. The van der Waals surface area contributed by atoms with Crippen LogP contribution in [0.5, 0.6) is 0 Å². The summed E-state index contributed by atoms with van der Waals surface area (Å²) in [5, 5.41) is 11.4. The minimum absolute atomic E-state index is 0.136. The average molecular weight is 255 g/mol. The van der Waals surface area contributed by atoms with Crippen LogP contribution in [-0.4, -0.2) is 11.0 Å². The van der Waals surface area contributed by atoms with Crippen molar-refractivity contribution in [3.05, 3.63) is 38.9 Å². The van der Waals surface area contributed by atoms with E-state index >= 15 is 0 Å². The second kappa shape index (κ2) is 5.02. The van der Waals surface area contributed by atoms with Crippen molar-refractivity contribution in [2.45, 2.75) is 31.7 Å². The number of nitro groups is 1. The van der Waals surface area contributed by atoms with Gasteiger partial charge in [-0.3, -0.25) is 10.1 Å². The molecule has 1 aromatic rings. The van der Waals surface area contributed by atoms with Crippen LogP contribution in [0.2, 0.25) is 5.02 Å². The summed E-state index contributed by atoms with van der Waals surface area (Å²) in [5.41, 5.74) is 6.80. The molecule has 0 saturated heterocycles. The Morgan fingerprint density at radius 2 is 2.24 bits per heavy atom. The van der Waals surface area contributed by atoms with Crippen molar-refractivity contribution in [2.24, 2.45) is 11.7 Å². The fourth-order valence-corrected chi connectivity index (χ4v) is 2.21. The van der Waals surface area contributed by atoms with Crippen LogP contribution >= 0.6 is 11.6 Å². The van der Waals surface area contributed by atoms with E-state index < -0.39 is 0 Å². The number of rotatable bonds is 5. The third kappa shape index (κ3) is 3.17. The third-order valence-electron chi connectivity index (χ3n) is 3.21. The lowest BCUT2D eigenvalue weighted by atomic mass is 10.0. The predicted molar refractivity (Wildman–Crippen MR) is 67.1 cm³/mol. The number of nitrogens with zero attached hydrogens (tertiary/aromatic N) is 1. The molecular weight excluding hydrogens is 240 g/mol. The molecule has 2 rings (SSSR count). The van der Waals surface area contributed by atoms with Gasteiger partial charge in [-0.2, -0.15) is 0 Å². The fraction of sp³-hybridized carbons (Fsp3) is 0.500. The van der Waals surface area contributed by atoms with Gasteiger partial charge in [0.15, 0.2) is 0 Å². The molecule has 1 fully saturated rings. The molecule has 0 radical (unpaired) electrons. The van der Waals surface area contributed by atoms with E-state index in [-0.39, 0.29) is 16.7 Å². The molecule has 0 aromatic heterocycles. The van der Waals surface area contributed by atoms with Gasteiger partial charge in [0.25, 0.3) is 5.69 Å². The van der Waals surface area contributed by atoms with Crippen LogP contribution in [-0.2, 0) is 6.42 Å². The van der Waals surface area contributed by atoms with E-state index in [1.54, 1.807) is 12.1 Å². The van der Waals surface area contributed by atoms with Gasteiger partial charge in [0, 0.05) is 22.7 Å². The van der Waals surface area contributed by atoms with Gasteiger partial charge in [0.1, 0.15) is 0 Å². The zero-order valence-corrected chi connectivity index (χ0v) is 10.2. The molecule has 5 heteroatoms. The quantitative estimate of drug-likeness (QED) is 0.649. The lowest BCUT2D eigenvalue weighted by Gasteiger charge is -2.10. The third-order valence-corrected chi connectivity index (χ3v) is 3.45. The molecular formula is C12H15ClN2O2. The summed E-state index contributed by atoms with van der Waals surface area (Å²) in [4.78, 5) is 10.5. The average Bonchev–Trinajstić information content (AvgIpc) is 3.09. The monoisotopic (exact) mass is 254 g/mol. The maximum absolute atomic E-state index is 10.9. The molecule has 1 aliphatic rings. The molecule has 17 heavy (non-hydrogen) atoms. The number of nitro benzene ring substituents is 1. The Kier molecular flexibility index (Phi) is 3.64. The molecule has 4 nitrogen and oxygen atoms in total. The van der Waals surface area contributed by atoms with E-state index in [4.69, 9.17) is 17.3 Å². The molecule has 0 heterocycles. The standard InChI is InChI=1S/C12H15ClN2O2/c13-10-4-6-12(15(16)17)9(7-10)3-5-11(14)8-1-2-8/h4,6-8,11H,1-3,5,14H2. The summed E-state index contributed by atoms with van der Waals surface area (Å²) in [6, 6.07) is 4.83. The maximum Gasteiger partial charge on any atom is 0.272 e. The van der Waals surface area contributed by atoms with Crippen molar-refractivity contribution in [2.75, 3.05) is 0 Å². The van der Waals surface area contributed by atoms with E-state index in [0.717, 1.165) is 6.42 Å². The first kappa shape index (κ1) is 12.3. The molecule has 1 atom stereocenters. The lowest BCUT2D eigenvalue weighted by molar-refractivity contribution is -0.385. The van der Waals surface area contributed by atoms with Gasteiger partial charge in [-0.25, -0.2) is 0 Å². The summed E-state index contributed by atoms with van der Waals surface area (Å²) in [6.45, 7) is 0. The summed E-state index contributed by atoms with van der Waals surface area (Å²) in [5.74, 6) is 0.619. The smallest absolute Gasteiger partial charge is 0.272 e. The largest absolute Gasteiger partial charge is 0.327 e. The number of aryl methyl sites for hydroxylation is 1. The molecule has 0 amide bonds. The van der Waals surface area contributed by atoms with Crippen LogP contribution in [0.3, 0.4) is 0 Å². The number of hydrogen-bond donors (Lipinski definition) is 1. The van der Waals surface area contributed by atoms with E-state index in [0.29, 0.717) is 22.9 Å². The van der Waals surface area contributed by atoms with Crippen molar-refractivity contribution in [1.82, 2.24) is 0 Å². The Hall–Kier alpha value is -1.13. The highest BCUT2D eigenvalue weighted by molar-refractivity contribution is 6.30. The van der Waals surface area contributed by atoms with Crippen LogP contribution in [0, 0.1) is 16.0 Å². The van der Waals surface area contributed by atoms with Crippen LogP contribution < -0.4 is 5.73 Å². The normalized spacial score (nSPS) is 16.8. The van der Waals surface area contributed by atoms with Gasteiger partial charge in [0.05, 0.1) is 4.92 Å². The predicted octanol–water partition coefficient (Wildman–Crippen LogP) is 2.92. The summed E-state index contributed by atoms with van der Waals surface area (Å²) < 4.78 is 0. The molecule has 1 unspecified atom stereocenters. The SMILES string of the molecule is NC(CCc1cc(Cl)ccc1[N+](=O)[O-])C1CC1. The lowest BCUT2D eigenvalue weighted by Crippen LogP contribution is -2.23. The van der Waals surface area contributed by atoms with Crippen LogP contribution in [0.4, 0.5) is 5.69 Å². The zero-order valence-electron chi connectivity index (χ0n) is 9.43. The number of nitrogens with two attached hydrogens (primary N) is 1. The van der Waals surface area contributed by atoms with Gasteiger partial charge < -0.3 is 5.73 Å². The minimum atomic E-state index is -0.367.